The van der Waals surface area contributed by atoms with Crippen molar-refractivity contribution >= 4 is 40.8 Å². The average molecular weight is 562 g/mol. The van der Waals surface area contributed by atoms with Crippen LogP contribution in [0, 0.1) is 5.82 Å². The number of rotatable bonds is 8. The van der Waals surface area contributed by atoms with Gasteiger partial charge < -0.3 is 14.8 Å². The number of thiazole rings is 1. The van der Waals surface area contributed by atoms with E-state index in [-0.39, 0.29) is 29.7 Å². The number of hydrogen-bond acceptors (Lipinski definition) is 8. The van der Waals surface area contributed by atoms with Gasteiger partial charge in [0, 0.05) is 23.7 Å². The SMILES string of the molecule is C=CCOC(=O)Nc1cccc(-c2nc(C(C)(C)CNC(=O)OC(C)(C)C)sc2-c2ccnc(Cl)n2)c1F. The number of amides is 2. The highest BCUT2D eigenvalue weighted by atomic mass is 35.5. The number of benzene rings is 1. The molecule has 1 aromatic carbocycles. The third kappa shape index (κ3) is 7.48. The van der Waals surface area contributed by atoms with Gasteiger partial charge in [0.25, 0.3) is 0 Å². The van der Waals surface area contributed by atoms with Crippen LogP contribution in [0.25, 0.3) is 21.8 Å². The molecule has 0 aliphatic carbocycles. The van der Waals surface area contributed by atoms with Crippen molar-refractivity contribution in [3.8, 4) is 21.8 Å². The van der Waals surface area contributed by atoms with Crippen molar-refractivity contribution in [1.29, 1.82) is 0 Å². The first-order chi connectivity index (χ1) is 17.8. The predicted octanol–water partition coefficient (Wildman–Crippen LogP) is 6.60. The first kappa shape index (κ1) is 29.0. The number of aromatic nitrogens is 3. The lowest BCUT2D eigenvalue weighted by atomic mass is 9.94. The highest BCUT2D eigenvalue weighted by molar-refractivity contribution is 7.15. The maximum absolute atomic E-state index is 15.7. The summed E-state index contributed by atoms with van der Waals surface area (Å²) in [6.45, 7) is 12.8. The van der Waals surface area contributed by atoms with Crippen molar-refractivity contribution in [3.63, 3.8) is 0 Å². The molecule has 2 amide bonds. The highest BCUT2D eigenvalue weighted by Gasteiger charge is 2.30. The molecular weight excluding hydrogens is 533 g/mol. The van der Waals surface area contributed by atoms with E-state index in [4.69, 9.17) is 26.1 Å². The molecule has 2 heterocycles. The second-order valence-electron chi connectivity index (χ2n) is 9.83. The van der Waals surface area contributed by atoms with Crippen molar-refractivity contribution < 1.29 is 23.5 Å². The molecule has 3 rings (SSSR count). The lowest BCUT2D eigenvalue weighted by Gasteiger charge is -2.25. The topological polar surface area (TPSA) is 115 Å². The Morgan fingerprint density at radius 1 is 1.16 bits per heavy atom. The molecule has 3 aromatic rings. The number of alkyl carbamates (subject to hydrolysis) is 1. The maximum atomic E-state index is 15.7. The Labute approximate surface area is 229 Å². The lowest BCUT2D eigenvalue weighted by Crippen LogP contribution is -2.39. The predicted molar refractivity (Wildman–Crippen MR) is 146 cm³/mol. The van der Waals surface area contributed by atoms with Gasteiger partial charge in [-0.15, -0.1) is 11.3 Å². The van der Waals surface area contributed by atoms with E-state index in [0.29, 0.717) is 21.3 Å². The summed E-state index contributed by atoms with van der Waals surface area (Å²) < 4.78 is 25.9. The van der Waals surface area contributed by atoms with Crippen LogP contribution in [0.2, 0.25) is 5.28 Å². The van der Waals surface area contributed by atoms with Gasteiger partial charge in [-0.05, 0) is 50.6 Å². The van der Waals surface area contributed by atoms with Crippen molar-refractivity contribution in [2.45, 2.75) is 45.6 Å². The van der Waals surface area contributed by atoms with Gasteiger partial charge in [-0.25, -0.2) is 28.9 Å². The number of nitrogens with zero attached hydrogens (tertiary/aromatic N) is 3. The van der Waals surface area contributed by atoms with E-state index in [1.165, 1.54) is 29.7 Å². The van der Waals surface area contributed by atoms with Crippen LogP contribution in [-0.4, -0.2) is 45.9 Å². The van der Waals surface area contributed by atoms with E-state index in [0.717, 1.165) is 0 Å². The minimum atomic E-state index is -0.822. The Balaban J connectivity index is 2.02. The van der Waals surface area contributed by atoms with Crippen molar-refractivity contribution in [2.24, 2.45) is 0 Å². The summed E-state index contributed by atoms with van der Waals surface area (Å²) >= 11 is 7.33. The zero-order valence-electron chi connectivity index (χ0n) is 21.7. The molecule has 0 saturated carbocycles. The molecule has 0 spiro atoms. The fraction of sp³-hybridized carbons (Fsp3) is 0.346. The Hall–Kier alpha value is -3.57. The van der Waals surface area contributed by atoms with Gasteiger partial charge in [0.2, 0.25) is 5.28 Å². The van der Waals surface area contributed by atoms with Gasteiger partial charge in [-0.3, -0.25) is 5.32 Å². The molecule has 0 saturated heterocycles. The van der Waals surface area contributed by atoms with Gasteiger partial charge in [-0.1, -0.05) is 32.6 Å². The van der Waals surface area contributed by atoms with Crippen molar-refractivity contribution in [1.82, 2.24) is 20.3 Å². The summed E-state index contributed by atoms with van der Waals surface area (Å²) in [5, 5.41) is 5.80. The molecule has 0 fully saturated rings. The second kappa shape index (κ2) is 11.9. The molecule has 38 heavy (non-hydrogen) atoms. The molecule has 2 N–H and O–H groups in total. The summed E-state index contributed by atoms with van der Waals surface area (Å²) in [7, 11) is 0. The monoisotopic (exact) mass is 561 g/mol. The quantitative estimate of drug-likeness (QED) is 0.235. The van der Waals surface area contributed by atoms with Gasteiger partial charge >= 0.3 is 12.2 Å². The number of anilines is 1. The Bertz CT molecular complexity index is 1340. The minimum Gasteiger partial charge on any atom is -0.445 e. The van der Waals surface area contributed by atoms with Crippen molar-refractivity contribution in [2.75, 3.05) is 18.5 Å². The van der Waals surface area contributed by atoms with Crippen LogP contribution in [0.4, 0.5) is 19.7 Å². The Morgan fingerprint density at radius 3 is 2.55 bits per heavy atom. The fourth-order valence-corrected chi connectivity index (χ4v) is 4.50. The molecule has 9 nitrogen and oxygen atoms in total. The number of ether oxygens (including phenoxy) is 2. The smallest absolute Gasteiger partial charge is 0.412 e. The fourth-order valence-electron chi connectivity index (χ4n) is 3.20. The maximum Gasteiger partial charge on any atom is 0.412 e. The van der Waals surface area contributed by atoms with Crippen LogP contribution < -0.4 is 10.6 Å². The van der Waals surface area contributed by atoms with Crippen LogP contribution in [0.15, 0.2) is 43.1 Å². The Kier molecular flexibility index (Phi) is 9.05. The van der Waals surface area contributed by atoms with Crippen LogP contribution in [0.1, 0.15) is 39.6 Å². The van der Waals surface area contributed by atoms with E-state index in [9.17, 15) is 9.59 Å². The standard InChI is InChI=1S/C26H29ClFN5O4S/c1-7-13-36-24(35)32-16-10-8-9-15(18(16)28)19-20(17-11-12-29-22(27)31-17)38-21(33-19)26(5,6)14-30-23(34)37-25(2,3)4/h7-12H,1,13-14H2,2-6H3,(H,30,34)(H,32,35). The molecule has 0 aliphatic rings. The third-order valence-electron chi connectivity index (χ3n) is 4.96. The van der Waals surface area contributed by atoms with Gasteiger partial charge in [0.05, 0.1) is 22.0 Å². The molecular formula is C26H29ClFN5O4S. The number of hydrogen-bond donors (Lipinski definition) is 2. The third-order valence-corrected chi connectivity index (χ3v) is 6.59. The first-order valence-corrected chi connectivity index (χ1v) is 12.8. The number of nitrogens with one attached hydrogen (secondary N) is 2. The van der Waals surface area contributed by atoms with Gasteiger partial charge in [0.15, 0.2) is 5.82 Å². The zero-order valence-corrected chi connectivity index (χ0v) is 23.3. The molecule has 202 valence electrons. The number of carbonyl (C=O) groups is 2. The van der Waals surface area contributed by atoms with E-state index in [1.807, 2.05) is 13.8 Å². The molecule has 0 atom stereocenters. The molecule has 0 radical (unpaired) electrons. The normalized spacial score (nSPS) is 11.6. The van der Waals surface area contributed by atoms with Gasteiger partial charge in [0.1, 0.15) is 17.2 Å². The molecule has 0 unspecified atom stereocenters. The van der Waals surface area contributed by atoms with Crippen LogP contribution in [0.3, 0.4) is 0 Å². The summed E-state index contributed by atoms with van der Waals surface area (Å²) in [5.74, 6) is -0.703. The summed E-state index contributed by atoms with van der Waals surface area (Å²) in [6.07, 6.45) is 1.52. The van der Waals surface area contributed by atoms with Crippen molar-refractivity contribution in [3.05, 3.63) is 59.2 Å². The van der Waals surface area contributed by atoms with Crippen LogP contribution in [-0.2, 0) is 14.9 Å². The highest BCUT2D eigenvalue weighted by Crippen LogP contribution is 2.42. The molecule has 12 heteroatoms. The lowest BCUT2D eigenvalue weighted by molar-refractivity contribution is 0.0517. The van der Waals surface area contributed by atoms with E-state index in [2.05, 4.69) is 27.2 Å². The van der Waals surface area contributed by atoms with Crippen LogP contribution >= 0.6 is 22.9 Å². The van der Waals surface area contributed by atoms with Gasteiger partial charge in [-0.2, -0.15) is 0 Å². The average Bonchev–Trinajstić information content (AvgIpc) is 3.28. The number of carbonyl (C=O) groups excluding carboxylic acids is 2. The molecule has 0 bridgehead atoms. The molecule has 0 aliphatic heterocycles. The summed E-state index contributed by atoms with van der Waals surface area (Å²) in [5.41, 5.74) is -0.505. The Morgan fingerprint density at radius 2 is 1.89 bits per heavy atom. The summed E-state index contributed by atoms with van der Waals surface area (Å²) in [6, 6.07) is 6.20. The zero-order chi connectivity index (χ0) is 28.1. The first-order valence-electron chi connectivity index (χ1n) is 11.6. The number of halogens is 2. The van der Waals surface area contributed by atoms with Crippen LogP contribution in [0.5, 0.6) is 0 Å². The molecule has 2 aromatic heterocycles. The minimum absolute atomic E-state index is 0.0202. The van der Waals surface area contributed by atoms with E-state index >= 15 is 4.39 Å². The summed E-state index contributed by atoms with van der Waals surface area (Å²) in [4.78, 5) is 37.8. The van der Waals surface area contributed by atoms with E-state index in [1.54, 1.807) is 39.0 Å². The largest absolute Gasteiger partial charge is 0.445 e. The van der Waals surface area contributed by atoms with E-state index < -0.39 is 29.0 Å². The second-order valence-corrected chi connectivity index (χ2v) is 11.2.